The summed E-state index contributed by atoms with van der Waals surface area (Å²) in [7, 11) is 0. The lowest BCUT2D eigenvalue weighted by atomic mass is 10.0. The minimum absolute atomic E-state index is 0.148. The van der Waals surface area contributed by atoms with Crippen molar-refractivity contribution < 1.29 is 9.59 Å². The van der Waals surface area contributed by atoms with Gasteiger partial charge in [0.2, 0.25) is 5.91 Å². The maximum Gasteiger partial charge on any atom is 0.269 e. The van der Waals surface area contributed by atoms with Crippen LogP contribution in [0.3, 0.4) is 0 Å². The molecule has 2 N–H and O–H groups in total. The molecule has 0 heterocycles. The smallest absolute Gasteiger partial charge is 0.269 e. The maximum absolute atomic E-state index is 11.8. The van der Waals surface area contributed by atoms with Crippen LogP contribution in [0.15, 0.2) is 24.3 Å². The highest BCUT2D eigenvalue weighted by atomic mass is 16.2. The lowest BCUT2D eigenvalue weighted by Crippen LogP contribution is -2.41. The second kappa shape index (κ2) is 8.35. The number of carbonyl (C=O) groups excluding carboxylic acids is 2. The molecule has 0 aliphatic rings. The van der Waals surface area contributed by atoms with Gasteiger partial charge in [-0.1, -0.05) is 45.7 Å². The van der Waals surface area contributed by atoms with Gasteiger partial charge in [-0.05, 0) is 30.0 Å². The van der Waals surface area contributed by atoms with E-state index in [1.165, 1.54) is 5.56 Å². The Morgan fingerprint density at radius 2 is 1.70 bits per heavy atom. The van der Waals surface area contributed by atoms with Gasteiger partial charge in [-0.3, -0.25) is 20.4 Å². The number of hydrogen-bond acceptors (Lipinski definition) is 2. The SMILES string of the molecule is CCCCCC(=O)NNC(=O)c1ccc(C(C)C)cc1. The van der Waals surface area contributed by atoms with Gasteiger partial charge in [0.15, 0.2) is 0 Å². The van der Waals surface area contributed by atoms with Gasteiger partial charge in [0, 0.05) is 12.0 Å². The predicted octanol–water partition coefficient (Wildman–Crippen LogP) is 3.15. The molecular weight excluding hydrogens is 252 g/mol. The monoisotopic (exact) mass is 276 g/mol. The molecule has 0 radical (unpaired) electrons. The number of nitrogens with one attached hydrogen (secondary N) is 2. The van der Waals surface area contributed by atoms with Gasteiger partial charge in [-0.2, -0.15) is 0 Å². The largest absolute Gasteiger partial charge is 0.273 e. The summed E-state index contributed by atoms with van der Waals surface area (Å²) >= 11 is 0. The molecule has 0 fully saturated rings. The molecule has 2 amide bonds. The predicted molar refractivity (Wildman–Crippen MR) is 80.3 cm³/mol. The fourth-order valence-electron chi connectivity index (χ4n) is 1.82. The zero-order chi connectivity index (χ0) is 15.0. The molecule has 0 saturated carbocycles. The van der Waals surface area contributed by atoms with Crippen molar-refractivity contribution in [2.24, 2.45) is 0 Å². The summed E-state index contributed by atoms with van der Waals surface area (Å²) in [5.74, 6) is 0.000118. The van der Waals surface area contributed by atoms with E-state index in [4.69, 9.17) is 0 Å². The summed E-state index contributed by atoms with van der Waals surface area (Å²) in [5, 5.41) is 0. The van der Waals surface area contributed by atoms with Crippen LogP contribution < -0.4 is 10.9 Å². The van der Waals surface area contributed by atoms with Crippen LogP contribution in [-0.4, -0.2) is 11.8 Å². The van der Waals surface area contributed by atoms with Crippen molar-refractivity contribution in [3.05, 3.63) is 35.4 Å². The van der Waals surface area contributed by atoms with Gasteiger partial charge >= 0.3 is 0 Å². The third-order valence-electron chi connectivity index (χ3n) is 3.16. The fraction of sp³-hybridized carbons (Fsp3) is 0.500. The van der Waals surface area contributed by atoms with Crippen molar-refractivity contribution in [3.63, 3.8) is 0 Å². The van der Waals surface area contributed by atoms with Crippen LogP contribution in [0.1, 0.15) is 68.3 Å². The number of amides is 2. The van der Waals surface area contributed by atoms with Crippen molar-refractivity contribution in [2.75, 3.05) is 0 Å². The molecular formula is C16H24N2O2. The van der Waals surface area contributed by atoms with E-state index in [0.29, 0.717) is 17.9 Å². The molecule has 0 aliphatic carbocycles. The Kier molecular flexibility index (Phi) is 6.77. The summed E-state index contributed by atoms with van der Waals surface area (Å²) in [6.45, 7) is 6.29. The molecule has 0 atom stereocenters. The van der Waals surface area contributed by atoms with Crippen LogP contribution in [0, 0.1) is 0 Å². The molecule has 1 rings (SSSR count). The van der Waals surface area contributed by atoms with Gasteiger partial charge < -0.3 is 0 Å². The highest BCUT2D eigenvalue weighted by Crippen LogP contribution is 2.14. The molecule has 0 saturated heterocycles. The van der Waals surface area contributed by atoms with Crippen molar-refractivity contribution in [3.8, 4) is 0 Å². The van der Waals surface area contributed by atoms with Gasteiger partial charge in [0.1, 0.15) is 0 Å². The number of unbranched alkanes of at least 4 members (excludes halogenated alkanes) is 2. The van der Waals surface area contributed by atoms with Crippen LogP contribution in [0.5, 0.6) is 0 Å². The quantitative estimate of drug-likeness (QED) is 0.619. The molecule has 1 aromatic rings. The van der Waals surface area contributed by atoms with E-state index in [-0.39, 0.29) is 11.8 Å². The van der Waals surface area contributed by atoms with Crippen LogP contribution >= 0.6 is 0 Å². The zero-order valence-corrected chi connectivity index (χ0v) is 12.5. The molecule has 0 aliphatic heterocycles. The Labute approximate surface area is 120 Å². The standard InChI is InChI=1S/C16H24N2O2/c1-4-5-6-7-15(19)17-18-16(20)14-10-8-13(9-11-14)12(2)3/h8-12H,4-7H2,1-3H3,(H,17,19)(H,18,20). The summed E-state index contributed by atoms with van der Waals surface area (Å²) in [6.07, 6.45) is 3.39. The maximum atomic E-state index is 11.8. The van der Waals surface area contributed by atoms with Crippen molar-refractivity contribution in [1.82, 2.24) is 10.9 Å². The molecule has 110 valence electrons. The fourth-order valence-corrected chi connectivity index (χ4v) is 1.82. The van der Waals surface area contributed by atoms with Crippen molar-refractivity contribution >= 4 is 11.8 Å². The van der Waals surface area contributed by atoms with E-state index >= 15 is 0 Å². The Balaban J connectivity index is 2.40. The molecule has 1 aromatic carbocycles. The minimum Gasteiger partial charge on any atom is -0.273 e. The lowest BCUT2D eigenvalue weighted by Gasteiger charge is -2.09. The average Bonchev–Trinajstić information content (AvgIpc) is 2.45. The molecule has 0 unspecified atom stereocenters. The van der Waals surface area contributed by atoms with E-state index in [2.05, 4.69) is 31.6 Å². The molecule has 4 nitrogen and oxygen atoms in total. The zero-order valence-electron chi connectivity index (χ0n) is 12.5. The van der Waals surface area contributed by atoms with Crippen LogP contribution in [0.25, 0.3) is 0 Å². The third kappa shape index (κ3) is 5.43. The van der Waals surface area contributed by atoms with Crippen LogP contribution in [0.4, 0.5) is 0 Å². The topological polar surface area (TPSA) is 58.2 Å². The van der Waals surface area contributed by atoms with Crippen LogP contribution in [0.2, 0.25) is 0 Å². The number of carbonyl (C=O) groups is 2. The molecule has 0 bridgehead atoms. The highest BCUT2D eigenvalue weighted by Gasteiger charge is 2.07. The first-order valence-electron chi connectivity index (χ1n) is 7.23. The number of hydrogen-bond donors (Lipinski definition) is 2. The summed E-state index contributed by atoms with van der Waals surface area (Å²) in [5.41, 5.74) is 6.60. The first kappa shape index (κ1) is 16.2. The first-order valence-corrected chi connectivity index (χ1v) is 7.23. The summed E-state index contributed by atoms with van der Waals surface area (Å²) in [6, 6.07) is 7.41. The van der Waals surface area contributed by atoms with Crippen molar-refractivity contribution in [1.29, 1.82) is 0 Å². The number of hydrazine groups is 1. The minimum atomic E-state index is -0.288. The van der Waals surface area contributed by atoms with Gasteiger partial charge in [-0.15, -0.1) is 0 Å². The average molecular weight is 276 g/mol. The number of rotatable bonds is 6. The summed E-state index contributed by atoms with van der Waals surface area (Å²) < 4.78 is 0. The highest BCUT2D eigenvalue weighted by molar-refractivity contribution is 5.95. The molecule has 0 spiro atoms. The lowest BCUT2D eigenvalue weighted by molar-refractivity contribution is -0.121. The molecule has 0 aromatic heterocycles. The Morgan fingerprint density at radius 1 is 1.05 bits per heavy atom. The summed E-state index contributed by atoms with van der Waals surface area (Å²) in [4.78, 5) is 23.3. The normalized spacial score (nSPS) is 10.4. The van der Waals surface area contributed by atoms with Gasteiger partial charge in [0.25, 0.3) is 5.91 Å². The molecule has 4 heteroatoms. The van der Waals surface area contributed by atoms with E-state index in [0.717, 1.165) is 19.3 Å². The van der Waals surface area contributed by atoms with E-state index < -0.39 is 0 Å². The van der Waals surface area contributed by atoms with Crippen LogP contribution in [-0.2, 0) is 4.79 Å². The van der Waals surface area contributed by atoms with Gasteiger partial charge in [0.05, 0.1) is 0 Å². The molecule has 20 heavy (non-hydrogen) atoms. The van der Waals surface area contributed by atoms with Crippen molar-refractivity contribution in [2.45, 2.75) is 52.4 Å². The Bertz CT molecular complexity index is 438. The Morgan fingerprint density at radius 3 is 2.25 bits per heavy atom. The first-order chi connectivity index (χ1) is 9.54. The third-order valence-corrected chi connectivity index (χ3v) is 3.16. The van der Waals surface area contributed by atoms with E-state index in [1.807, 2.05) is 12.1 Å². The van der Waals surface area contributed by atoms with Gasteiger partial charge in [-0.25, -0.2) is 0 Å². The second-order valence-corrected chi connectivity index (χ2v) is 5.24. The van der Waals surface area contributed by atoms with E-state index in [9.17, 15) is 9.59 Å². The Hall–Kier alpha value is -1.84. The number of benzene rings is 1. The van der Waals surface area contributed by atoms with E-state index in [1.54, 1.807) is 12.1 Å². The second-order valence-electron chi connectivity index (χ2n) is 5.24.